The second kappa shape index (κ2) is 6.94. The molecule has 0 bridgehead atoms. The van der Waals surface area contributed by atoms with Crippen molar-refractivity contribution in [2.24, 2.45) is 0 Å². The van der Waals surface area contributed by atoms with Crippen molar-refractivity contribution < 1.29 is 4.74 Å². The number of benzene rings is 1. The van der Waals surface area contributed by atoms with Gasteiger partial charge in [-0.2, -0.15) is 0 Å². The molecular formula is C17H23N3O2. The Balaban J connectivity index is 1.80. The van der Waals surface area contributed by atoms with Crippen LogP contribution in [-0.4, -0.2) is 31.8 Å². The van der Waals surface area contributed by atoms with Crippen molar-refractivity contribution >= 4 is 16.6 Å². The van der Waals surface area contributed by atoms with Crippen LogP contribution in [0.3, 0.4) is 0 Å². The Morgan fingerprint density at radius 1 is 1.36 bits per heavy atom. The van der Waals surface area contributed by atoms with Crippen LogP contribution < -0.4 is 16.2 Å². The molecule has 5 heteroatoms. The molecule has 1 aliphatic rings. The maximum Gasteiger partial charge on any atom is 0.253 e. The topological polar surface area (TPSA) is 66.1 Å². The number of methoxy groups -OCH3 is 1. The van der Waals surface area contributed by atoms with Crippen LogP contribution in [0.2, 0.25) is 0 Å². The van der Waals surface area contributed by atoms with Gasteiger partial charge in [0.2, 0.25) is 0 Å². The first-order valence-corrected chi connectivity index (χ1v) is 7.91. The Hall–Kier alpha value is -1.85. The van der Waals surface area contributed by atoms with Gasteiger partial charge < -0.3 is 20.4 Å². The number of pyridine rings is 1. The summed E-state index contributed by atoms with van der Waals surface area (Å²) in [7, 11) is 1.72. The molecule has 0 aliphatic carbocycles. The van der Waals surface area contributed by atoms with E-state index in [4.69, 9.17) is 4.74 Å². The monoisotopic (exact) mass is 301 g/mol. The summed E-state index contributed by atoms with van der Waals surface area (Å²) in [5.41, 5.74) is 4.04. The fourth-order valence-corrected chi connectivity index (χ4v) is 2.99. The van der Waals surface area contributed by atoms with Gasteiger partial charge in [0.25, 0.3) is 5.56 Å². The van der Waals surface area contributed by atoms with Crippen molar-refractivity contribution in [3.8, 4) is 0 Å². The van der Waals surface area contributed by atoms with E-state index < -0.39 is 0 Å². The lowest BCUT2D eigenvalue weighted by atomic mass is 10.0. The molecule has 0 fully saturated rings. The van der Waals surface area contributed by atoms with Crippen LogP contribution >= 0.6 is 0 Å². The van der Waals surface area contributed by atoms with Crippen LogP contribution in [0.4, 0.5) is 5.69 Å². The second-order valence-corrected chi connectivity index (χ2v) is 5.74. The maximum absolute atomic E-state index is 12.2. The minimum atomic E-state index is 0.0416. The van der Waals surface area contributed by atoms with Gasteiger partial charge in [0, 0.05) is 37.8 Å². The fraction of sp³-hybridized carbons (Fsp3) is 0.471. The molecule has 0 radical (unpaired) electrons. The van der Waals surface area contributed by atoms with Crippen LogP contribution in [-0.2, 0) is 17.7 Å². The number of aromatic amines is 1. The SMILES string of the molecule is COCCCNCc1ccc2c3c(c(=O)[nH]c2c1)CCCN3. The molecule has 22 heavy (non-hydrogen) atoms. The zero-order valence-corrected chi connectivity index (χ0v) is 13.0. The summed E-state index contributed by atoms with van der Waals surface area (Å²) in [6, 6.07) is 6.30. The number of hydrogen-bond acceptors (Lipinski definition) is 4. The van der Waals surface area contributed by atoms with E-state index in [9.17, 15) is 4.79 Å². The number of aromatic nitrogens is 1. The van der Waals surface area contributed by atoms with Gasteiger partial charge in [-0.05, 0) is 37.4 Å². The van der Waals surface area contributed by atoms with Gasteiger partial charge in [0.1, 0.15) is 0 Å². The molecule has 118 valence electrons. The van der Waals surface area contributed by atoms with Crippen molar-refractivity contribution in [2.45, 2.75) is 25.8 Å². The molecule has 3 N–H and O–H groups in total. The highest BCUT2D eigenvalue weighted by Crippen LogP contribution is 2.27. The molecule has 0 unspecified atom stereocenters. The molecule has 1 aliphatic heterocycles. The van der Waals surface area contributed by atoms with Gasteiger partial charge in [-0.25, -0.2) is 0 Å². The maximum atomic E-state index is 12.2. The third-order valence-corrected chi connectivity index (χ3v) is 4.11. The second-order valence-electron chi connectivity index (χ2n) is 5.74. The smallest absolute Gasteiger partial charge is 0.253 e. The lowest BCUT2D eigenvalue weighted by Crippen LogP contribution is -2.22. The van der Waals surface area contributed by atoms with E-state index in [1.165, 1.54) is 5.56 Å². The Morgan fingerprint density at radius 3 is 3.14 bits per heavy atom. The molecule has 1 aromatic carbocycles. The molecule has 5 nitrogen and oxygen atoms in total. The average Bonchev–Trinajstić information content (AvgIpc) is 2.55. The Labute approximate surface area is 130 Å². The predicted molar refractivity (Wildman–Crippen MR) is 89.6 cm³/mol. The van der Waals surface area contributed by atoms with Crippen LogP contribution in [0, 0.1) is 0 Å². The van der Waals surface area contributed by atoms with Crippen LogP contribution in [0.1, 0.15) is 24.0 Å². The van der Waals surface area contributed by atoms with Crippen molar-refractivity contribution in [3.63, 3.8) is 0 Å². The Morgan fingerprint density at radius 2 is 2.27 bits per heavy atom. The first-order chi connectivity index (χ1) is 10.8. The highest BCUT2D eigenvalue weighted by Gasteiger charge is 2.15. The van der Waals surface area contributed by atoms with Gasteiger partial charge in [-0.15, -0.1) is 0 Å². The predicted octanol–water partition coefficient (Wildman–Crippen LogP) is 2.01. The van der Waals surface area contributed by atoms with E-state index in [1.807, 2.05) is 0 Å². The average molecular weight is 301 g/mol. The van der Waals surface area contributed by atoms with E-state index in [0.717, 1.165) is 67.7 Å². The summed E-state index contributed by atoms with van der Waals surface area (Å²) in [6.45, 7) is 3.44. The van der Waals surface area contributed by atoms with Gasteiger partial charge in [0.15, 0.2) is 0 Å². The van der Waals surface area contributed by atoms with E-state index in [1.54, 1.807) is 7.11 Å². The molecular weight excluding hydrogens is 278 g/mol. The number of rotatable bonds is 6. The highest BCUT2D eigenvalue weighted by atomic mass is 16.5. The number of ether oxygens (including phenoxy) is 1. The number of nitrogens with one attached hydrogen (secondary N) is 3. The van der Waals surface area contributed by atoms with Crippen molar-refractivity contribution in [2.75, 3.05) is 32.1 Å². The van der Waals surface area contributed by atoms with E-state index in [-0.39, 0.29) is 5.56 Å². The minimum Gasteiger partial charge on any atom is -0.385 e. The van der Waals surface area contributed by atoms with Crippen LogP contribution in [0.5, 0.6) is 0 Å². The van der Waals surface area contributed by atoms with Crippen molar-refractivity contribution in [1.82, 2.24) is 10.3 Å². The number of fused-ring (bicyclic) bond motifs is 3. The summed E-state index contributed by atoms with van der Waals surface area (Å²) in [6.07, 6.45) is 2.87. The molecule has 0 spiro atoms. The molecule has 0 amide bonds. The summed E-state index contributed by atoms with van der Waals surface area (Å²) in [5, 5.41) is 7.88. The quantitative estimate of drug-likeness (QED) is 0.714. The van der Waals surface area contributed by atoms with Gasteiger partial charge in [0.05, 0.1) is 11.2 Å². The third-order valence-electron chi connectivity index (χ3n) is 4.11. The lowest BCUT2D eigenvalue weighted by Gasteiger charge is -2.19. The largest absolute Gasteiger partial charge is 0.385 e. The standard InChI is InChI=1S/C17H23N3O2/c1-22-9-3-7-18-11-12-5-6-13-15(10-12)20-17(21)14-4-2-8-19-16(13)14/h5-6,10,18-19H,2-4,7-9,11H2,1H3,(H,20,21). The van der Waals surface area contributed by atoms with E-state index in [0.29, 0.717) is 0 Å². The Bertz CT molecular complexity index is 709. The first-order valence-electron chi connectivity index (χ1n) is 7.91. The third kappa shape index (κ3) is 3.15. The molecule has 0 atom stereocenters. The first kappa shape index (κ1) is 15.1. The molecule has 1 aromatic heterocycles. The van der Waals surface area contributed by atoms with Gasteiger partial charge in [-0.1, -0.05) is 12.1 Å². The molecule has 0 saturated carbocycles. The fourth-order valence-electron chi connectivity index (χ4n) is 2.99. The Kier molecular flexibility index (Phi) is 4.75. The zero-order chi connectivity index (χ0) is 15.4. The minimum absolute atomic E-state index is 0.0416. The highest BCUT2D eigenvalue weighted by molar-refractivity contribution is 5.93. The summed E-state index contributed by atoms with van der Waals surface area (Å²) >= 11 is 0. The van der Waals surface area contributed by atoms with Crippen LogP contribution in [0.15, 0.2) is 23.0 Å². The molecule has 3 rings (SSSR count). The number of anilines is 1. The molecule has 2 aromatic rings. The van der Waals surface area contributed by atoms with E-state index >= 15 is 0 Å². The van der Waals surface area contributed by atoms with Crippen molar-refractivity contribution in [1.29, 1.82) is 0 Å². The molecule has 2 heterocycles. The summed E-state index contributed by atoms with van der Waals surface area (Å²) < 4.78 is 5.03. The van der Waals surface area contributed by atoms with Crippen LogP contribution in [0.25, 0.3) is 10.9 Å². The zero-order valence-electron chi connectivity index (χ0n) is 13.0. The van der Waals surface area contributed by atoms with E-state index in [2.05, 4.69) is 33.8 Å². The van der Waals surface area contributed by atoms with Gasteiger partial charge >= 0.3 is 0 Å². The normalized spacial score (nSPS) is 13.9. The number of H-pyrrole nitrogens is 1. The lowest BCUT2D eigenvalue weighted by molar-refractivity contribution is 0.194. The van der Waals surface area contributed by atoms with Crippen molar-refractivity contribution in [3.05, 3.63) is 39.7 Å². The summed E-state index contributed by atoms with van der Waals surface area (Å²) in [4.78, 5) is 15.2. The van der Waals surface area contributed by atoms with Gasteiger partial charge in [-0.3, -0.25) is 4.79 Å². The number of hydrogen-bond donors (Lipinski definition) is 3. The summed E-state index contributed by atoms with van der Waals surface area (Å²) in [5.74, 6) is 0. The molecule has 0 saturated heterocycles.